The molecule has 0 bridgehead atoms. The molecule has 0 saturated carbocycles. The van der Waals surface area contributed by atoms with E-state index < -0.39 is 7.40 Å². The van der Waals surface area contributed by atoms with E-state index in [1.54, 1.807) is 0 Å². The number of benzene rings is 4. The Labute approximate surface area is 221 Å². The van der Waals surface area contributed by atoms with Crippen molar-refractivity contribution in [1.29, 1.82) is 0 Å². The summed E-state index contributed by atoms with van der Waals surface area (Å²) in [5.74, 6) is 0. The zero-order valence-corrected chi connectivity index (χ0v) is 21.2. The number of rotatable bonds is 5. The number of allylic oxidation sites excluding steroid dienone is 2. The van der Waals surface area contributed by atoms with E-state index in [0.717, 1.165) is 54.4 Å². The van der Waals surface area contributed by atoms with Crippen LogP contribution in [-0.2, 0) is 0 Å². The minimum Gasteiger partial charge on any atom is -0.324 e. The molecule has 0 unspecified atom stereocenters. The Bertz CT molecular complexity index is 1730. The molecular formula is C33H25BF2N2. The Kier molecular flexibility index (Phi) is 6.12. The molecule has 1 aromatic heterocycles. The highest BCUT2D eigenvalue weighted by Crippen LogP contribution is 2.39. The molecule has 1 aliphatic rings. The van der Waals surface area contributed by atoms with Gasteiger partial charge in [0.15, 0.2) is 0 Å². The number of aromatic nitrogens is 1. The van der Waals surface area contributed by atoms with Crippen LogP contribution in [0, 0.1) is 13.8 Å². The van der Waals surface area contributed by atoms with Crippen LogP contribution in [0.25, 0.3) is 33.7 Å². The Morgan fingerprint density at radius 1 is 0.658 bits per heavy atom. The first-order chi connectivity index (χ1) is 18.5. The van der Waals surface area contributed by atoms with Gasteiger partial charge in [0, 0.05) is 33.3 Å². The maximum Gasteiger partial charge on any atom is 0.678 e. The molecule has 0 amide bonds. The summed E-state index contributed by atoms with van der Waals surface area (Å²) in [5.41, 5.74) is 8.30. The Hall–Kier alpha value is -4.51. The molecular weight excluding hydrogens is 473 g/mol. The molecule has 38 heavy (non-hydrogen) atoms. The quantitative estimate of drug-likeness (QED) is 0.216. The number of hydrogen-bond acceptors (Lipinski definition) is 1. The second kappa shape index (κ2) is 9.75. The van der Waals surface area contributed by atoms with Crippen LogP contribution in [0.2, 0.25) is 0 Å². The molecule has 184 valence electrons. The summed E-state index contributed by atoms with van der Waals surface area (Å²) >= 11 is 0. The fraction of sp³-hybridized carbons (Fsp3) is 0.0606. The van der Waals surface area contributed by atoms with E-state index in [-0.39, 0.29) is 0 Å². The smallest absolute Gasteiger partial charge is 0.324 e. The molecule has 6 rings (SSSR count). The van der Waals surface area contributed by atoms with E-state index >= 15 is 0 Å². The third-order valence-electron chi connectivity index (χ3n) is 6.98. The fourth-order valence-electron chi connectivity index (χ4n) is 5.04. The van der Waals surface area contributed by atoms with Crippen LogP contribution in [0.3, 0.4) is 0 Å². The first-order valence-corrected chi connectivity index (χ1v) is 12.6. The highest BCUT2D eigenvalue weighted by Gasteiger charge is 2.29. The highest BCUT2D eigenvalue weighted by molar-refractivity contribution is 6.43. The minimum atomic E-state index is -2.73. The van der Waals surface area contributed by atoms with Gasteiger partial charge >= 0.3 is 7.40 Å². The van der Waals surface area contributed by atoms with E-state index in [9.17, 15) is 8.63 Å². The van der Waals surface area contributed by atoms with E-state index in [1.807, 2.05) is 105 Å². The lowest BCUT2D eigenvalue weighted by molar-refractivity contribution is 0.631. The fourth-order valence-corrected chi connectivity index (χ4v) is 5.04. The van der Waals surface area contributed by atoms with Gasteiger partial charge in [0.25, 0.3) is 0 Å². The van der Waals surface area contributed by atoms with Crippen LogP contribution in [0.15, 0.2) is 120 Å². The van der Waals surface area contributed by atoms with Gasteiger partial charge in [0.2, 0.25) is 0 Å². The van der Waals surface area contributed by atoms with Gasteiger partial charge < -0.3 is 4.48 Å². The van der Waals surface area contributed by atoms with Crippen molar-refractivity contribution in [2.75, 3.05) is 0 Å². The lowest BCUT2D eigenvalue weighted by atomic mass is 10.00. The molecule has 0 N–H and O–H groups in total. The van der Waals surface area contributed by atoms with Crippen molar-refractivity contribution in [1.82, 2.24) is 4.48 Å². The van der Waals surface area contributed by atoms with Crippen molar-refractivity contribution in [3.8, 4) is 11.3 Å². The van der Waals surface area contributed by atoms with Crippen molar-refractivity contribution in [3.63, 3.8) is 0 Å². The Balaban J connectivity index is 1.60. The molecule has 0 fully saturated rings. The zero-order valence-electron chi connectivity index (χ0n) is 21.2. The zero-order chi connectivity index (χ0) is 26.2. The van der Waals surface area contributed by atoms with Crippen LogP contribution >= 0.6 is 0 Å². The van der Waals surface area contributed by atoms with Crippen LogP contribution in [0.1, 0.15) is 27.9 Å². The topological polar surface area (TPSA) is 17.3 Å². The summed E-state index contributed by atoms with van der Waals surface area (Å²) in [5, 5.41) is 1.55. The third kappa shape index (κ3) is 4.30. The van der Waals surface area contributed by atoms with Crippen molar-refractivity contribution < 1.29 is 8.63 Å². The SMILES string of the molecule is Cc1ccc(C2=CC(c3ccccc3)=N/C2=C\c2c3ccccc3c(-c3ccc(C)cc3)n2B(F)F)cc1. The second-order valence-corrected chi connectivity index (χ2v) is 9.61. The normalized spacial score (nSPS) is 14.2. The van der Waals surface area contributed by atoms with Gasteiger partial charge in [-0.05, 0) is 37.1 Å². The molecule has 2 heterocycles. The summed E-state index contributed by atoms with van der Waals surface area (Å²) in [6.45, 7) is 4.04. The molecule has 0 radical (unpaired) electrons. The molecule has 0 spiro atoms. The molecule has 1 aliphatic heterocycles. The summed E-state index contributed by atoms with van der Waals surface area (Å²) in [7, 11) is -2.73. The van der Waals surface area contributed by atoms with E-state index in [2.05, 4.69) is 24.3 Å². The van der Waals surface area contributed by atoms with Gasteiger partial charge in [-0.2, -0.15) is 0 Å². The highest BCUT2D eigenvalue weighted by atomic mass is 19.2. The Morgan fingerprint density at radius 3 is 1.87 bits per heavy atom. The molecule has 2 nitrogen and oxygen atoms in total. The van der Waals surface area contributed by atoms with Gasteiger partial charge in [0.1, 0.15) is 0 Å². The summed E-state index contributed by atoms with van der Waals surface area (Å²) in [6, 6.07) is 33.5. The third-order valence-corrected chi connectivity index (χ3v) is 6.98. The number of aliphatic imine (C=N–C) groups is 1. The van der Waals surface area contributed by atoms with Crippen molar-refractivity contribution in [2.24, 2.45) is 4.99 Å². The van der Waals surface area contributed by atoms with Crippen LogP contribution in [0.4, 0.5) is 8.63 Å². The van der Waals surface area contributed by atoms with Crippen LogP contribution in [0.5, 0.6) is 0 Å². The van der Waals surface area contributed by atoms with Crippen molar-refractivity contribution in [3.05, 3.63) is 143 Å². The Morgan fingerprint density at radius 2 is 1.24 bits per heavy atom. The maximum absolute atomic E-state index is 14.9. The molecule has 5 aromatic rings. The summed E-state index contributed by atoms with van der Waals surface area (Å²) in [4.78, 5) is 4.96. The van der Waals surface area contributed by atoms with Gasteiger partial charge in [-0.1, -0.05) is 114 Å². The second-order valence-electron chi connectivity index (χ2n) is 9.61. The largest absolute Gasteiger partial charge is 0.678 e. The lowest BCUT2D eigenvalue weighted by Crippen LogP contribution is -2.16. The monoisotopic (exact) mass is 498 g/mol. The van der Waals surface area contributed by atoms with E-state index in [0.29, 0.717) is 17.1 Å². The van der Waals surface area contributed by atoms with Crippen molar-refractivity contribution in [2.45, 2.75) is 13.8 Å². The first kappa shape index (κ1) is 23.9. The van der Waals surface area contributed by atoms with E-state index in [1.165, 1.54) is 0 Å². The maximum atomic E-state index is 14.9. The van der Waals surface area contributed by atoms with Crippen LogP contribution in [-0.4, -0.2) is 17.6 Å². The molecule has 0 aliphatic carbocycles. The average Bonchev–Trinajstić information content (AvgIpc) is 3.50. The van der Waals surface area contributed by atoms with Crippen molar-refractivity contribution >= 4 is 35.5 Å². The molecule has 5 heteroatoms. The minimum absolute atomic E-state index is 0.442. The van der Waals surface area contributed by atoms with Gasteiger partial charge in [-0.25, -0.2) is 4.99 Å². The molecule has 0 saturated heterocycles. The van der Waals surface area contributed by atoms with E-state index in [4.69, 9.17) is 4.99 Å². The molecule has 0 atom stereocenters. The van der Waals surface area contributed by atoms with Gasteiger partial charge in [0.05, 0.1) is 11.4 Å². The van der Waals surface area contributed by atoms with Crippen LogP contribution < -0.4 is 0 Å². The standard InChI is InChI=1S/C33H25BF2N2/c1-22-12-16-24(17-13-22)29-20-30(25-8-4-3-5-9-25)37-31(29)21-32-27-10-6-7-11-28(27)33(38(32)34(35)36)26-18-14-23(2)15-19-26/h3-21H,1-2H3/b31-21-. The molecule has 4 aromatic carbocycles. The average molecular weight is 498 g/mol. The summed E-state index contributed by atoms with van der Waals surface area (Å²) in [6.07, 6.45) is 3.86. The number of aryl methyl sites for hydroxylation is 2. The predicted molar refractivity (Wildman–Crippen MR) is 156 cm³/mol. The number of nitrogens with zero attached hydrogens (tertiary/aromatic N) is 2. The van der Waals surface area contributed by atoms with Gasteiger partial charge in [-0.15, -0.1) is 0 Å². The summed E-state index contributed by atoms with van der Waals surface area (Å²) < 4.78 is 30.9. The first-order valence-electron chi connectivity index (χ1n) is 12.6. The van der Waals surface area contributed by atoms with Gasteiger partial charge in [-0.3, -0.25) is 8.63 Å². The number of halogens is 2. The lowest BCUT2D eigenvalue weighted by Gasteiger charge is -2.11. The number of hydrogen-bond donors (Lipinski definition) is 0. The predicted octanol–water partition coefficient (Wildman–Crippen LogP) is 8.62. The number of fused-ring (bicyclic) bond motifs is 1.